The third-order valence-corrected chi connectivity index (χ3v) is 4.25. The minimum absolute atomic E-state index is 0.0293. The molecule has 5 nitrogen and oxygen atoms in total. The van der Waals surface area contributed by atoms with Gasteiger partial charge in [-0.15, -0.1) is 0 Å². The second-order valence-electron chi connectivity index (χ2n) is 5.43. The van der Waals surface area contributed by atoms with Crippen molar-refractivity contribution < 1.29 is 14.7 Å². The lowest BCUT2D eigenvalue weighted by molar-refractivity contribution is -0.143. The van der Waals surface area contributed by atoms with E-state index in [2.05, 4.69) is 11.5 Å². The van der Waals surface area contributed by atoms with Crippen LogP contribution in [0.25, 0.3) is 0 Å². The first-order valence-corrected chi connectivity index (χ1v) is 7.14. The van der Waals surface area contributed by atoms with Crippen LogP contribution in [0.1, 0.15) is 41.5 Å². The number of carbonyl (C=O) groups is 2. The summed E-state index contributed by atoms with van der Waals surface area (Å²) in [5, 5.41) is 8.99. The van der Waals surface area contributed by atoms with E-state index in [4.69, 9.17) is 5.11 Å². The number of rotatable bonds is 3. The quantitative estimate of drug-likeness (QED) is 0.920. The Bertz CT molecular complexity index is 525. The molecular formula is C15H22N2O3. The smallest absolute Gasteiger partial charge is 0.306 e. The van der Waals surface area contributed by atoms with Gasteiger partial charge in [0.25, 0.3) is 5.91 Å². The number of hydrogen-bond donors (Lipinski definition) is 1. The summed E-state index contributed by atoms with van der Waals surface area (Å²) in [6, 6.07) is 1.93. The molecule has 2 heterocycles. The lowest BCUT2D eigenvalue weighted by Crippen LogP contribution is -2.40. The molecule has 5 heteroatoms. The molecule has 110 valence electrons. The summed E-state index contributed by atoms with van der Waals surface area (Å²) >= 11 is 0. The highest BCUT2D eigenvalue weighted by molar-refractivity contribution is 5.95. The highest BCUT2D eigenvalue weighted by Gasteiger charge is 2.28. The molecule has 1 aromatic rings. The van der Waals surface area contributed by atoms with Gasteiger partial charge in [-0.2, -0.15) is 0 Å². The summed E-state index contributed by atoms with van der Waals surface area (Å²) in [7, 11) is 0. The van der Waals surface area contributed by atoms with E-state index in [1.165, 1.54) is 0 Å². The Balaban J connectivity index is 2.11. The maximum Gasteiger partial charge on any atom is 0.306 e. The van der Waals surface area contributed by atoms with Gasteiger partial charge in [-0.25, -0.2) is 0 Å². The van der Waals surface area contributed by atoms with E-state index in [9.17, 15) is 9.59 Å². The summed E-state index contributed by atoms with van der Waals surface area (Å²) < 4.78 is 2.12. The van der Waals surface area contributed by atoms with E-state index in [0.717, 1.165) is 23.5 Å². The SMILES string of the molecule is CCn1c(C)cc(C(=O)N2CCC(C(=O)O)CC2)c1C. The third-order valence-electron chi connectivity index (χ3n) is 4.25. The third kappa shape index (κ3) is 2.57. The maximum absolute atomic E-state index is 12.5. The van der Waals surface area contributed by atoms with Crippen LogP contribution in [0.15, 0.2) is 6.07 Å². The number of hydrogen-bond acceptors (Lipinski definition) is 2. The Morgan fingerprint density at radius 1 is 1.30 bits per heavy atom. The number of aromatic nitrogens is 1. The van der Waals surface area contributed by atoms with E-state index < -0.39 is 5.97 Å². The average molecular weight is 278 g/mol. The fourth-order valence-corrected chi connectivity index (χ4v) is 3.00. The minimum atomic E-state index is -0.749. The Hall–Kier alpha value is -1.78. The zero-order valence-corrected chi connectivity index (χ0v) is 12.3. The van der Waals surface area contributed by atoms with E-state index in [0.29, 0.717) is 25.9 Å². The van der Waals surface area contributed by atoms with Crippen molar-refractivity contribution in [3.05, 3.63) is 23.0 Å². The predicted octanol–water partition coefficient (Wildman–Crippen LogP) is 2.06. The van der Waals surface area contributed by atoms with Gasteiger partial charge in [0.2, 0.25) is 0 Å². The molecule has 20 heavy (non-hydrogen) atoms. The molecule has 0 radical (unpaired) electrons. The number of nitrogens with zero attached hydrogens (tertiary/aromatic N) is 2. The van der Waals surface area contributed by atoms with Crippen LogP contribution in [0.4, 0.5) is 0 Å². The fourth-order valence-electron chi connectivity index (χ4n) is 3.00. The second kappa shape index (κ2) is 5.69. The molecule has 2 rings (SSSR count). The summed E-state index contributed by atoms with van der Waals surface area (Å²) in [5.41, 5.74) is 2.84. The molecule has 0 aliphatic carbocycles. The molecule has 0 bridgehead atoms. The van der Waals surface area contributed by atoms with E-state index in [1.54, 1.807) is 4.90 Å². The van der Waals surface area contributed by atoms with Crippen molar-refractivity contribution in [2.75, 3.05) is 13.1 Å². The molecule has 1 fully saturated rings. The van der Waals surface area contributed by atoms with Crippen LogP contribution in [0.2, 0.25) is 0 Å². The molecule has 1 aliphatic rings. The Labute approximate surface area is 119 Å². The number of aryl methyl sites for hydroxylation is 1. The van der Waals surface area contributed by atoms with Crippen molar-refractivity contribution >= 4 is 11.9 Å². The van der Waals surface area contributed by atoms with Crippen molar-refractivity contribution in [1.29, 1.82) is 0 Å². The lowest BCUT2D eigenvalue weighted by atomic mass is 9.96. The number of carboxylic acids is 1. The number of piperidine rings is 1. The highest BCUT2D eigenvalue weighted by Crippen LogP contribution is 2.22. The average Bonchev–Trinajstić information content (AvgIpc) is 2.72. The standard InChI is InChI=1S/C15H22N2O3/c1-4-17-10(2)9-13(11(17)3)14(18)16-7-5-12(6-8-16)15(19)20/h9,12H,4-8H2,1-3H3,(H,19,20). The number of carboxylic acid groups (broad SMARTS) is 1. The van der Waals surface area contributed by atoms with Crippen molar-refractivity contribution in [3.63, 3.8) is 0 Å². The molecule has 1 aromatic heterocycles. The molecule has 1 aliphatic heterocycles. The molecular weight excluding hydrogens is 256 g/mol. The van der Waals surface area contributed by atoms with Gasteiger partial charge in [0.1, 0.15) is 0 Å². The van der Waals surface area contributed by atoms with Crippen LogP contribution < -0.4 is 0 Å². The van der Waals surface area contributed by atoms with E-state index in [1.807, 2.05) is 19.9 Å². The van der Waals surface area contributed by atoms with Gasteiger partial charge in [0, 0.05) is 31.0 Å². The van der Waals surface area contributed by atoms with Gasteiger partial charge in [-0.05, 0) is 39.7 Å². The number of carbonyl (C=O) groups excluding carboxylic acids is 1. The molecule has 0 unspecified atom stereocenters. The fraction of sp³-hybridized carbons (Fsp3) is 0.600. The van der Waals surface area contributed by atoms with Gasteiger partial charge in [-0.1, -0.05) is 0 Å². The predicted molar refractivity (Wildman–Crippen MR) is 75.8 cm³/mol. The Kier molecular flexibility index (Phi) is 4.16. The molecule has 0 saturated carbocycles. The molecule has 0 spiro atoms. The van der Waals surface area contributed by atoms with Crippen molar-refractivity contribution in [2.45, 2.75) is 40.2 Å². The number of likely N-dealkylation sites (tertiary alicyclic amines) is 1. The summed E-state index contributed by atoms with van der Waals surface area (Å²) in [6.45, 7) is 7.95. The van der Waals surface area contributed by atoms with Crippen LogP contribution in [0.3, 0.4) is 0 Å². The Morgan fingerprint density at radius 3 is 2.35 bits per heavy atom. The molecule has 0 aromatic carbocycles. The van der Waals surface area contributed by atoms with Crippen LogP contribution >= 0.6 is 0 Å². The first-order chi connectivity index (χ1) is 9.45. The summed E-state index contributed by atoms with van der Waals surface area (Å²) in [4.78, 5) is 25.3. The number of aliphatic carboxylic acids is 1. The number of amides is 1. The van der Waals surface area contributed by atoms with Gasteiger partial charge >= 0.3 is 5.97 Å². The van der Waals surface area contributed by atoms with Crippen LogP contribution in [-0.4, -0.2) is 39.5 Å². The van der Waals surface area contributed by atoms with Crippen molar-refractivity contribution in [1.82, 2.24) is 9.47 Å². The van der Waals surface area contributed by atoms with Crippen LogP contribution in [0, 0.1) is 19.8 Å². The van der Waals surface area contributed by atoms with Crippen molar-refractivity contribution in [3.8, 4) is 0 Å². The molecule has 0 atom stereocenters. The van der Waals surface area contributed by atoms with Crippen LogP contribution in [-0.2, 0) is 11.3 Å². The Morgan fingerprint density at radius 2 is 1.90 bits per heavy atom. The van der Waals surface area contributed by atoms with Gasteiger partial charge in [0.05, 0.1) is 11.5 Å². The van der Waals surface area contributed by atoms with Gasteiger partial charge in [0.15, 0.2) is 0 Å². The zero-order chi connectivity index (χ0) is 14.9. The molecule has 1 N–H and O–H groups in total. The lowest BCUT2D eigenvalue weighted by Gasteiger charge is -2.30. The first kappa shape index (κ1) is 14.6. The van der Waals surface area contributed by atoms with E-state index >= 15 is 0 Å². The summed E-state index contributed by atoms with van der Waals surface area (Å²) in [5.74, 6) is -1.02. The summed E-state index contributed by atoms with van der Waals surface area (Å²) in [6.07, 6.45) is 1.10. The molecule has 1 amide bonds. The van der Waals surface area contributed by atoms with Gasteiger partial charge in [-0.3, -0.25) is 9.59 Å². The second-order valence-corrected chi connectivity index (χ2v) is 5.43. The molecule has 1 saturated heterocycles. The topological polar surface area (TPSA) is 62.5 Å². The highest BCUT2D eigenvalue weighted by atomic mass is 16.4. The largest absolute Gasteiger partial charge is 0.481 e. The zero-order valence-electron chi connectivity index (χ0n) is 12.3. The minimum Gasteiger partial charge on any atom is -0.481 e. The van der Waals surface area contributed by atoms with Crippen molar-refractivity contribution in [2.24, 2.45) is 5.92 Å². The van der Waals surface area contributed by atoms with Gasteiger partial charge < -0.3 is 14.6 Å². The first-order valence-electron chi connectivity index (χ1n) is 7.14. The normalized spacial score (nSPS) is 16.4. The van der Waals surface area contributed by atoms with E-state index in [-0.39, 0.29) is 11.8 Å². The maximum atomic E-state index is 12.5. The van der Waals surface area contributed by atoms with Crippen LogP contribution in [0.5, 0.6) is 0 Å². The monoisotopic (exact) mass is 278 g/mol.